The van der Waals surface area contributed by atoms with E-state index in [1.54, 1.807) is 6.07 Å². The first-order valence-electron chi connectivity index (χ1n) is 4.31. The molecule has 0 amide bonds. The van der Waals surface area contributed by atoms with Gasteiger partial charge in [0.05, 0.1) is 6.26 Å². The van der Waals surface area contributed by atoms with E-state index in [2.05, 4.69) is 0 Å². The number of rotatable bonds is 3. The van der Waals surface area contributed by atoms with Crippen LogP contribution in [0.3, 0.4) is 0 Å². The zero-order chi connectivity index (χ0) is 9.97. The van der Waals surface area contributed by atoms with Gasteiger partial charge in [0, 0.05) is 18.0 Å². The quantitative estimate of drug-likeness (QED) is 0.813. The number of benzene rings is 1. The number of fused-ring (bicyclic) bond motifs is 1. The van der Waals surface area contributed by atoms with Crippen LogP contribution in [0.2, 0.25) is 0 Å². The van der Waals surface area contributed by atoms with Gasteiger partial charge in [-0.25, -0.2) is 4.39 Å². The maximum absolute atomic E-state index is 13.0. The van der Waals surface area contributed by atoms with Gasteiger partial charge in [0.1, 0.15) is 12.4 Å². The highest BCUT2D eigenvalue weighted by Crippen LogP contribution is 2.27. The smallest absolute Gasteiger partial charge is 0.175 e. The van der Waals surface area contributed by atoms with Crippen molar-refractivity contribution in [1.82, 2.24) is 0 Å². The maximum Gasteiger partial charge on any atom is 0.175 e. The van der Waals surface area contributed by atoms with Crippen LogP contribution < -0.4 is 10.5 Å². The molecule has 74 valence electrons. The van der Waals surface area contributed by atoms with Crippen LogP contribution in [0.5, 0.6) is 5.75 Å². The molecule has 0 radical (unpaired) electrons. The third-order valence-corrected chi connectivity index (χ3v) is 1.86. The molecule has 4 heteroatoms. The van der Waals surface area contributed by atoms with Crippen molar-refractivity contribution in [2.45, 2.75) is 0 Å². The van der Waals surface area contributed by atoms with Gasteiger partial charge in [-0.1, -0.05) is 0 Å². The Labute approximate surface area is 80.3 Å². The molecule has 0 aliphatic heterocycles. The lowest BCUT2D eigenvalue weighted by Crippen LogP contribution is -2.10. The van der Waals surface area contributed by atoms with E-state index < -0.39 is 0 Å². The molecule has 0 spiro atoms. The largest absolute Gasteiger partial charge is 0.488 e. The van der Waals surface area contributed by atoms with E-state index in [9.17, 15) is 4.39 Å². The van der Waals surface area contributed by atoms with E-state index in [0.29, 0.717) is 29.9 Å². The second-order valence-corrected chi connectivity index (χ2v) is 2.88. The van der Waals surface area contributed by atoms with E-state index in [1.165, 1.54) is 18.4 Å². The molecule has 0 unspecified atom stereocenters. The molecular formula is C10H10FNO2. The Kier molecular flexibility index (Phi) is 2.37. The summed E-state index contributed by atoms with van der Waals surface area (Å²) in [6.45, 7) is 0.734. The predicted molar refractivity (Wildman–Crippen MR) is 50.7 cm³/mol. The van der Waals surface area contributed by atoms with Gasteiger partial charge in [-0.3, -0.25) is 0 Å². The van der Waals surface area contributed by atoms with Crippen LogP contribution >= 0.6 is 0 Å². The van der Waals surface area contributed by atoms with Gasteiger partial charge in [-0.05, 0) is 12.1 Å². The Bertz CT molecular complexity index is 439. The summed E-state index contributed by atoms with van der Waals surface area (Å²) >= 11 is 0. The van der Waals surface area contributed by atoms with Crippen molar-refractivity contribution in [2.24, 2.45) is 5.73 Å². The van der Waals surface area contributed by atoms with Crippen LogP contribution in [0.4, 0.5) is 4.39 Å². The Morgan fingerprint density at radius 2 is 2.29 bits per heavy atom. The first kappa shape index (κ1) is 9.02. The molecule has 2 N–H and O–H groups in total. The normalized spacial score (nSPS) is 10.7. The Morgan fingerprint density at radius 3 is 3.07 bits per heavy atom. The molecule has 1 heterocycles. The van der Waals surface area contributed by atoms with Crippen LogP contribution in [0.1, 0.15) is 0 Å². The van der Waals surface area contributed by atoms with Gasteiger partial charge in [0.25, 0.3) is 0 Å². The van der Waals surface area contributed by atoms with Crippen LogP contribution in [-0.2, 0) is 0 Å². The molecular weight excluding hydrogens is 185 g/mol. The first-order chi connectivity index (χ1) is 6.81. The maximum atomic E-state index is 13.0. The SMILES string of the molecule is NCCOc1cc(F)cc2ccoc12. The number of halogens is 1. The lowest BCUT2D eigenvalue weighted by Gasteiger charge is -2.04. The third-order valence-electron chi connectivity index (χ3n) is 1.86. The van der Waals surface area contributed by atoms with Crippen molar-refractivity contribution in [1.29, 1.82) is 0 Å². The molecule has 1 aromatic carbocycles. The molecule has 0 bridgehead atoms. The van der Waals surface area contributed by atoms with Crippen LogP contribution in [0.15, 0.2) is 28.9 Å². The molecule has 1 aromatic heterocycles. The minimum absolute atomic E-state index is 0.342. The van der Waals surface area contributed by atoms with Gasteiger partial charge >= 0.3 is 0 Å². The molecule has 0 saturated heterocycles. The lowest BCUT2D eigenvalue weighted by molar-refractivity contribution is 0.325. The molecule has 14 heavy (non-hydrogen) atoms. The molecule has 0 aliphatic carbocycles. The van der Waals surface area contributed by atoms with Crippen molar-refractivity contribution in [3.05, 3.63) is 30.3 Å². The lowest BCUT2D eigenvalue weighted by atomic mass is 10.2. The molecule has 2 aromatic rings. The minimum Gasteiger partial charge on any atom is -0.488 e. The molecule has 0 saturated carbocycles. The summed E-state index contributed by atoms with van der Waals surface area (Å²) in [6.07, 6.45) is 1.50. The van der Waals surface area contributed by atoms with Crippen LogP contribution in [0.25, 0.3) is 11.0 Å². The Hall–Kier alpha value is -1.55. The van der Waals surface area contributed by atoms with E-state index in [-0.39, 0.29) is 5.82 Å². The van der Waals surface area contributed by atoms with E-state index >= 15 is 0 Å². The highest BCUT2D eigenvalue weighted by atomic mass is 19.1. The number of ether oxygens (including phenoxy) is 1. The fourth-order valence-electron chi connectivity index (χ4n) is 1.29. The standard InChI is InChI=1S/C10H10FNO2/c11-8-5-7-1-3-14-10(7)9(6-8)13-4-2-12/h1,3,5-6H,2,4,12H2. The summed E-state index contributed by atoms with van der Waals surface area (Å²) in [5.74, 6) is 0.0568. The Balaban J connectivity index is 2.44. The summed E-state index contributed by atoms with van der Waals surface area (Å²) in [7, 11) is 0. The number of hydrogen-bond acceptors (Lipinski definition) is 3. The van der Waals surface area contributed by atoms with E-state index in [4.69, 9.17) is 14.9 Å². The summed E-state index contributed by atoms with van der Waals surface area (Å²) in [6, 6.07) is 4.38. The van der Waals surface area contributed by atoms with Crippen molar-refractivity contribution in [3.8, 4) is 5.75 Å². The monoisotopic (exact) mass is 195 g/mol. The summed E-state index contributed by atoms with van der Waals surface area (Å²) in [5, 5.41) is 0.692. The predicted octanol–water partition coefficient (Wildman–Crippen LogP) is 1.91. The molecule has 3 nitrogen and oxygen atoms in total. The first-order valence-corrected chi connectivity index (χ1v) is 4.31. The fraction of sp³-hybridized carbons (Fsp3) is 0.200. The average molecular weight is 195 g/mol. The molecule has 0 fully saturated rings. The zero-order valence-corrected chi connectivity index (χ0v) is 7.50. The van der Waals surface area contributed by atoms with Crippen molar-refractivity contribution < 1.29 is 13.5 Å². The van der Waals surface area contributed by atoms with Gasteiger partial charge in [0.2, 0.25) is 0 Å². The highest BCUT2D eigenvalue weighted by Gasteiger charge is 2.07. The fourth-order valence-corrected chi connectivity index (χ4v) is 1.29. The summed E-state index contributed by atoms with van der Waals surface area (Å²) in [5.41, 5.74) is 5.84. The number of furan rings is 1. The summed E-state index contributed by atoms with van der Waals surface area (Å²) < 4.78 is 23.5. The number of nitrogens with two attached hydrogens (primary N) is 1. The molecule has 2 rings (SSSR count). The van der Waals surface area contributed by atoms with Gasteiger partial charge in [-0.15, -0.1) is 0 Å². The topological polar surface area (TPSA) is 48.4 Å². The van der Waals surface area contributed by atoms with Crippen molar-refractivity contribution in [2.75, 3.05) is 13.2 Å². The van der Waals surface area contributed by atoms with Gasteiger partial charge in [-0.2, -0.15) is 0 Å². The van der Waals surface area contributed by atoms with E-state index in [0.717, 1.165) is 0 Å². The van der Waals surface area contributed by atoms with Crippen LogP contribution in [-0.4, -0.2) is 13.2 Å². The second-order valence-electron chi connectivity index (χ2n) is 2.88. The van der Waals surface area contributed by atoms with Crippen molar-refractivity contribution >= 4 is 11.0 Å². The van der Waals surface area contributed by atoms with Crippen molar-refractivity contribution in [3.63, 3.8) is 0 Å². The van der Waals surface area contributed by atoms with Crippen LogP contribution in [0, 0.1) is 5.82 Å². The van der Waals surface area contributed by atoms with Gasteiger partial charge < -0.3 is 14.9 Å². The number of hydrogen-bond donors (Lipinski definition) is 1. The Morgan fingerprint density at radius 1 is 1.43 bits per heavy atom. The molecule has 0 atom stereocenters. The third kappa shape index (κ3) is 1.56. The minimum atomic E-state index is -0.342. The second kappa shape index (κ2) is 3.67. The zero-order valence-electron chi connectivity index (χ0n) is 7.50. The highest BCUT2D eigenvalue weighted by molar-refractivity contribution is 5.83. The van der Waals surface area contributed by atoms with E-state index in [1.807, 2.05) is 0 Å². The molecule has 0 aliphatic rings. The van der Waals surface area contributed by atoms with Gasteiger partial charge in [0.15, 0.2) is 11.3 Å². The average Bonchev–Trinajstić information content (AvgIpc) is 2.61. The summed E-state index contributed by atoms with van der Waals surface area (Å²) in [4.78, 5) is 0.